The zero-order valence-electron chi connectivity index (χ0n) is 51.3. The number of guanidine groups is 1. The van der Waals surface area contributed by atoms with Crippen molar-refractivity contribution in [1.82, 2.24) is 53.2 Å². The molecule has 0 radical (unpaired) electrons. The van der Waals surface area contributed by atoms with Crippen molar-refractivity contribution in [1.29, 1.82) is 0 Å². The van der Waals surface area contributed by atoms with Crippen molar-refractivity contribution in [2.24, 2.45) is 56.6 Å². The SMILES string of the molecule is NCCC[C@H](N)CC(=O)NCCC[C@H](N)CC(=O)NCCC[C@H](N)CC(=O)NCCC[C@H](N)CC(=O)NCCC[C@H](N)CC(=O)NCCC[C@H](N)CC(=O)NCCC[C@H](N)CC(=O)N[C@H]1[C@H](O)[C@@H](OC(N)=O)[C@H](CO)O[C@@H]1NC1=N[C@@H]2C(=O)NC[C@@H](O)[C@H]2N1. The van der Waals surface area contributed by atoms with Crippen molar-refractivity contribution >= 4 is 59.3 Å². The number of carbonyl (C=O) groups is 9. The van der Waals surface area contributed by atoms with Gasteiger partial charge in [0.05, 0.1) is 18.8 Å². The highest BCUT2D eigenvalue weighted by Crippen LogP contribution is 2.24. The van der Waals surface area contributed by atoms with Crippen LogP contribution in [0.5, 0.6) is 0 Å². The Kier molecular flexibility index (Phi) is 37.0. The van der Waals surface area contributed by atoms with E-state index in [1.165, 1.54) is 0 Å². The van der Waals surface area contributed by atoms with Gasteiger partial charge < -0.3 is 130 Å². The third-order valence-electron chi connectivity index (χ3n) is 15.2. The number of hydrogen-bond acceptors (Lipinski definition) is 25. The normalized spacial score (nSPS) is 22.8. The number of aliphatic hydroxyl groups excluding tert-OH is 3. The summed E-state index contributed by atoms with van der Waals surface area (Å²) in [6.07, 6.45) is 0.207. The lowest BCUT2D eigenvalue weighted by Crippen LogP contribution is -2.70. The van der Waals surface area contributed by atoms with Gasteiger partial charge in [0, 0.05) is 133 Å². The van der Waals surface area contributed by atoms with Crippen molar-refractivity contribution in [3.63, 3.8) is 0 Å². The minimum Gasteiger partial charge on any atom is -0.441 e. The monoisotopic (exact) mass is 1270 g/mol. The summed E-state index contributed by atoms with van der Waals surface area (Å²) in [5.41, 5.74) is 53.6. The van der Waals surface area contributed by atoms with Gasteiger partial charge in [0.1, 0.15) is 18.2 Å². The minimum atomic E-state index is -1.66. The smallest absolute Gasteiger partial charge is 0.404 e. The van der Waals surface area contributed by atoms with E-state index >= 15 is 0 Å². The van der Waals surface area contributed by atoms with Gasteiger partial charge >= 0.3 is 6.09 Å². The van der Waals surface area contributed by atoms with Crippen LogP contribution >= 0.6 is 0 Å². The summed E-state index contributed by atoms with van der Waals surface area (Å²) in [4.78, 5) is 116. The molecule has 0 aromatic carbocycles. The van der Waals surface area contributed by atoms with E-state index in [4.69, 9.17) is 61.1 Å². The topological polar surface area (TPSA) is 600 Å². The number of nitrogens with zero attached hydrogens (tertiary/aromatic N) is 1. The van der Waals surface area contributed by atoms with Crippen LogP contribution in [0.4, 0.5) is 4.79 Å². The van der Waals surface area contributed by atoms with Crippen LogP contribution in [0, 0.1) is 0 Å². The van der Waals surface area contributed by atoms with Crippen LogP contribution in [0.2, 0.25) is 0 Å². The van der Waals surface area contributed by atoms with Crippen molar-refractivity contribution in [2.45, 2.75) is 226 Å². The Balaban J connectivity index is 1.16. The molecule has 34 heteroatoms. The maximum Gasteiger partial charge on any atom is 0.404 e. The molecule has 3 heterocycles. The Bertz CT molecular complexity index is 2230. The summed E-state index contributed by atoms with van der Waals surface area (Å²) in [6, 6.07) is -6.00. The van der Waals surface area contributed by atoms with Crippen molar-refractivity contribution in [2.75, 3.05) is 59.0 Å². The molecule has 510 valence electrons. The first-order valence-corrected chi connectivity index (χ1v) is 31.2. The number of carbonyl (C=O) groups excluding carboxylic acids is 9. The zero-order valence-corrected chi connectivity index (χ0v) is 51.3. The fourth-order valence-corrected chi connectivity index (χ4v) is 10.3. The van der Waals surface area contributed by atoms with E-state index in [2.05, 4.69) is 58.2 Å². The summed E-state index contributed by atoms with van der Waals surface area (Å²) in [5, 5.41) is 59.4. The van der Waals surface area contributed by atoms with Crippen LogP contribution in [0.25, 0.3) is 0 Å². The second-order valence-electron chi connectivity index (χ2n) is 23.4. The number of piperidine rings is 1. The molecule has 89 heavy (non-hydrogen) atoms. The van der Waals surface area contributed by atoms with Gasteiger partial charge in [0.2, 0.25) is 47.3 Å². The van der Waals surface area contributed by atoms with Crippen molar-refractivity contribution in [3.8, 4) is 0 Å². The maximum absolute atomic E-state index is 13.2. The third kappa shape index (κ3) is 32.4. The van der Waals surface area contributed by atoms with E-state index < -0.39 is 97.5 Å². The lowest BCUT2D eigenvalue weighted by Gasteiger charge is -2.44. The molecule has 0 saturated carbocycles. The molecular formula is C55H106N20O14. The lowest BCUT2D eigenvalue weighted by atomic mass is 9.95. The number of hydrogen-bond donors (Lipinski definition) is 22. The van der Waals surface area contributed by atoms with E-state index in [0.29, 0.717) is 123 Å². The number of primary amides is 1. The molecule has 31 N–H and O–H groups in total. The predicted octanol–water partition coefficient (Wildman–Crippen LogP) is -8.07. The van der Waals surface area contributed by atoms with Crippen LogP contribution in [0.15, 0.2) is 4.99 Å². The summed E-state index contributed by atoms with van der Waals surface area (Å²) in [5.74, 6) is -2.28. The Morgan fingerprint density at radius 2 is 0.888 bits per heavy atom. The van der Waals surface area contributed by atoms with Crippen molar-refractivity contribution in [3.05, 3.63) is 0 Å². The first-order chi connectivity index (χ1) is 42.4. The van der Waals surface area contributed by atoms with Crippen LogP contribution in [-0.2, 0) is 47.8 Å². The highest BCUT2D eigenvalue weighted by atomic mass is 16.6. The molecule has 0 aromatic rings. The number of ether oxygens (including phenoxy) is 2. The van der Waals surface area contributed by atoms with E-state index in [1.807, 2.05) is 0 Å². The van der Waals surface area contributed by atoms with Gasteiger partial charge in [-0.15, -0.1) is 0 Å². The summed E-state index contributed by atoms with van der Waals surface area (Å²) in [7, 11) is 0. The van der Waals surface area contributed by atoms with Gasteiger partial charge in [-0.05, 0) is 96.4 Å². The van der Waals surface area contributed by atoms with E-state index in [-0.39, 0.29) is 118 Å². The average Bonchev–Trinajstić information content (AvgIpc) is 2.31. The molecule has 0 aromatic heterocycles. The standard InChI is InChI=1S/C55H106N20O14/c56-15-1-8-31(57)22-40(78)65-16-2-9-32(58)23-41(79)66-17-3-10-33(59)24-42(80)67-18-4-11-34(60)25-43(81)68-19-5-12-35(61)26-44(82)69-20-6-13-36(62)27-45(83)70-21-7-14-37(63)28-46(84)72-49-50(85)51(89-54(64)87)39(30-76)88-53(49)75-55-73-47-38(77)29-71-52(86)48(47)74-55/h31-39,47-51,53,76-77,85H,1-30,56-63H2,(H2,64,87)(H,65,78)(H,66,79)(H,67,80)(H,68,81)(H,69,82)(H,70,83)(H,71,86)(H,72,84)(H2,73,74,75)/t31-,32-,33-,34-,35-,36-,37-,38+,39-,47+,48-,49-,50-,51-,53-/m0/s1. The third-order valence-corrected chi connectivity index (χ3v) is 15.2. The molecule has 3 aliphatic heterocycles. The first kappa shape index (κ1) is 77.1. The molecule has 0 bridgehead atoms. The van der Waals surface area contributed by atoms with E-state index in [9.17, 15) is 58.5 Å². The average molecular weight is 1270 g/mol. The highest BCUT2D eigenvalue weighted by molar-refractivity contribution is 5.93. The molecule has 3 aliphatic rings. The van der Waals surface area contributed by atoms with Crippen LogP contribution in [-0.4, -0.2) is 225 Å². The van der Waals surface area contributed by atoms with Gasteiger partial charge in [-0.3, -0.25) is 38.4 Å². The maximum atomic E-state index is 13.2. The summed E-state index contributed by atoms with van der Waals surface area (Å²) in [6.45, 7) is 1.99. The molecular weight excluding hydrogens is 1160 g/mol. The van der Waals surface area contributed by atoms with Gasteiger partial charge in [0.15, 0.2) is 24.3 Å². The zero-order chi connectivity index (χ0) is 65.8. The number of amides is 9. The Hall–Kier alpha value is -6.18. The number of nitrogens with one attached hydrogen (secondary N) is 10. The second-order valence-corrected chi connectivity index (χ2v) is 23.4. The van der Waals surface area contributed by atoms with Gasteiger partial charge in [-0.1, -0.05) is 0 Å². The fraction of sp³-hybridized carbons (Fsp3) is 0.818. The van der Waals surface area contributed by atoms with E-state index in [0.717, 1.165) is 6.42 Å². The molecule has 0 unspecified atom stereocenters. The Labute approximate surface area is 520 Å². The number of aliphatic hydroxyl groups is 3. The quantitative estimate of drug-likeness (QED) is 0.0252. The molecule has 0 aliphatic carbocycles. The Morgan fingerprint density at radius 1 is 0.551 bits per heavy atom. The molecule has 0 spiro atoms. The van der Waals surface area contributed by atoms with Gasteiger partial charge in [0.25, 0.3) is 0 Å². The first-order valence-electron chi connectivity index (χ1n) is 31.2. The number of rotatable bonds is 45. The molecule has 3 rings (SSSR count). The molecule has 2 fully saturated rings. The second kappa shape index (κ2) is 42.7. The highest BCUT2D eigenvalue weighted by Gasteiger charge is 2.50. The number of aliphatic imine (C=N–C) groups is 1. The number of fused-ring (bicyclic) bond motifs is 1. The molecule has 2 saturated heterocycles. The van der Waals surface area contributed by atoms with Crippen molar-refractivity contribution < 1.29 is 67.9 Å². The summed E-state index contributed by atoms with van der Waals surface area (Å²) < 4.78 is 10.9. The molecule has 15 atom stereocenters. The molecule has 34 nitrogen and oxygen atoms in total. The van der Waals surface area contributed by atoms with E-state index in [1.54, 1.807) is 0 Å². The van der Waals surface area contributed by atoms with Crippen LogP contribution < -0.4 is 105 Å². The summed E-state index contributed by atoms with van der Waals surface area (Å²) >= 11 is 0. The lowest BCUT2D eigenvalue weighted by molar-refractivity contribution is -0.198. The van der Waals surface area contributed by atoms with Crippen LogP contribution in [0.1, 0.15) is 135 Å². The fourth-order valence-electron chi connectivity index (χ4n) is 10.3. The van der Waals surface area contributed by atoms with Crippen LogP contribution in [0.3, 0.4) is 0 Å². The number of nitrogens with two attached hydrogens (primary N) is 9. The predicted molar refractivity (Wildman–Crippen MR) is 328 cm³/mol. The number of β-amino-alcohol motifs (C(OH)–C–C–N with tert-alkyl or cyclic N) is 1. The van der Waals surface area contributed by atoms with Gasteiger partial charge in [-0.25, -0.2) is 9.79 Å². The van der Waals surface area contributed by atoms with Gasteiger partial charge in [-0.2, -0.15) is 0 Å². The largest absolute Gasteiger partial charge is 0.441 e. The minimum absolute atomic E-state index is 0.00243. The Morgan fingerprint density at radius 3 is 1.20 bits per heavy atom. The molecule has 9 amide bonds.